The molecule has 1 N–H and O–H groups in total. The van der Waals surface area contributed by atoms with Crippen LogP contribution in [0.1, 0.15) is 60.8 Å². The van der Waals surface area contributed by atoms with E-state index in [1.54, 1.807) is 6.92 Å². The zero-order valence-corrected chi connectivity index (χ0v) is 15.4. The SMILES string of the molecule is CC(=O)NCc1ccc2c(c1)C(C)CCC2c1ccc(Cl)c(Cl)c1. The molecule has 0 heterocycles. The minimum atomic E-state index is -0.00514. The van der Waals surface area contributed by atoms with Gasteiger partial charge in [-0.25, -0.2) is 0 Å². The fraction of sp³-hybridized carbons (Fsp3) is 0.350. The van der Waals surface area contributed by atoms with Gasteiger partial charge in [0.25, 0.3) is 0 Å². The molecule has 1 amide bonds. The molecule has 2 aromatic rings. The second kappa shape index (κ2) is 7.16. The summed E-state index contributed by atoms with van der Waals surface area (Å²) in [6.45, 7) is 4.39. The Morgan fingerprint density at radius 3 is 2.58 bits per heavy atom. The Morgan fingerprint density at radius 1 is 1.08 bits per heavy atom. The average molecular weight is 362 g/mol. The highest BCUT2D eigenvalue weighted by Gasteiger charge is 2.26. The summed E-state index contributed by atoms with van der Waals surface area (Å²) in [5, 5.41) is 4.07. The highest BCUT2D eigenvalue weighted by atomic mass is 35.5. The minimum Gasteiger partial charge on any atom is -0.352 e. The third kappa shape index (κ3) is 3.60. The zero-order valence-electron chi connectivity index (χ0n) is 13.9. The molecule has 2 aromatic carbocycles. The molecule has 0 spiro atoms. The molecule has 2 atom stereocenters. The van der Waals surface area contributed by atoms with Gasteiger partial charge in [-0.15, -0.1) is 0 Å². The maximum absolute atomic E-state index is 11.1. The highest BCUT2D eigenvalue weighted by molar-refractivity contribution is 6.42. The first-order valence-electron chi connectivity index (χ1n) is 8.28. The summed E-state index contributed by atoms with van der Waals surface area (Å²) in [5.74, 6) is 0.867. The number of carbonyl (C=O) groups excluding carboxylic acids is 1. The van der Waals surface area contributed by atoms with E-state index < -0.39 is 0 Å². The average Bonchev–Trinajstić information content (AvgIpc) is 2.56. The fourth-order valence-electron chi connectivity index (χ4n) is 3.51. The molecule has 1 aliphatic rings. The third-order valence-corrected chi connectivity index (χ3v) is 5.57. The van der Waals surface area contributed by atoms with Gasteiger partial charge in [0.1, 0.15) is 0 Å². The monoisotopic (exact) mass is 361 g/mol. The molecule has 0 aromatic heterocycles. The van der Waals surface area contributed by atoms with Gasteiger partial charge in [0.05, 0.1) is 10.0 Å². The number of benzene rings is 2. The van der Waals surface area contributed by atoms with Crippen molar-refractivity contribution in [2.75, 3.05) is 0 Å². The van der Waals surface area contributed by atoms with E-state index in [1.807, 2.05) is 12.1 Å². The Hall–Kier alpha value is -1.51. The van der Waals surface area contributed by atoms with Crippen LogP contribution in [-0.4, -0.2) is 5.91 Å². The number of fused-ring (bicyclic) bond motifs is 1. The molecule has 0 saturated carbocycles. The van der Waals surface area contributed by atoms with Crippen molar-refractivity contribution in [1.29, 1.82) is 0 Å². The van der Waals surface area contributed by atoms with Crippen molar-refractivity contribution in [3.8, 4) is 0 Å². The zero-order chi connectivity index (χ0) is 17.3. The predicted octanol–water partition coefficient (Wildman–Crippen LogP) is 5.66. The van der Waals surface area contributed by atoms with Crippen LogP contribution in [0.25, 0.3) is 0 Å². The van der Waals surface area contributed by atoms with E-state index in [-0.39, 0.29) is 5.91 Å². The second-order valence-corrected chi connectivity index (χ2v) is 7.39. The second-order valence-electron chi connectivity index (χ2n) is 6.58. The third-order valence-electron chi connectivity index (χ3n) is 4.83. The van der Waals surface area contributed by atoms with Gasteiger partial charge in [0.15, 0.2) is 0 Å². The molecule has 0 aliphatic heterocycles. The van der Waals surface area contributed by atoms with Crippen LogP contribution in [-0.2, 0) is 11.3 Å². The topological polar surface area (TPSA) is 29.1 Å². The van der Waals surface area contributed by atoms with E-state index in [1.165, 1.54) is 16.7 Å². The smallest absolute Gasteiger partial charge is 0.217 e. The molecule has 0 fully saturated rings. The maximum Gasteiger partial charge on any atom is 0.217 e. The number of halogens is 2. The van der Waals surface area contributed by atoms with Crippen molar-refractivity contribution in [2.24, 2.45) is 0 Å². The van der Waals surface area contributed by atoms with E-state index in [9.17, 15) is 4.79 Å². The number of amides is 1. The molecule has 1 aliphatic carbocycles. The van der Waals surface area contributed by atoms with Crippen LogP contribution in [0.2, 0.25) is 10.0 Å². The molecule has 0 saturated heterocycles. The number of nitrogens with one attached hydrogen (secondary N) is 1. The molecule has 0 radical (unpaired) electrons. The molecule has 4 heteroatoms. The van der Waals surface area contributed by atoms with Crippen molar-refractivity contribution in [3.05, 3.63) is 68.7 Å². The van der Waals surface area contributed by atoms with Crippen LogP contribution in [0, 0.1) is 0 Å². The quantitative estimate of drug-likeness (QED) is 0.750. The first-order valence-corrected chi connectivity index (χ1v) is 9.03. The molecule has 2 unspecified atom stereocenters. The van der Waals surface area contributed by atoms with Gasteiger partial charge >= 0.3 is 0 Å². The Labute approximate surface area is 153 Å². The fourth-order valence-corrected chi connectivity index (χ4v) is 3.81. The lowest BCUT2D eigenvalue weighted by atomic mass is 9.74. The predicted molar refractivity (Wildman–Crippen MR) is 99.9 cm³/mol. The van der Waals surface area contributed by atoms with Crippen LogP contribution >= 0.6 is 23.2 Å². The lowest BCUT2D eigenvalue weighted by Gasteiger charge is -2.31. The van der Waals surface area contributed by atoms with E-state index in [0.29, 0.717) is 28.4 Å². The summed E-state index contributed by atoms with van der Waals surface area (Å²) in [7, 11) is 0. The Bertz CT molecular complexity index is 772. The molecule has 126 valence electrons. The van der Waals surface area contributed by atoms with Gasteiger partial charge in [-0.1, -0.05) is 54.4 Å². The van der Waals surface area contributed by atoms with Gasteiger partial charge in [-0.2, -0.15) is 0 Å². The Balaban J connectivity index is 1.95. The molecular formula is C20H21Cl2NO. The summed E-state index contributed by atoms with van der Waals surface area (Å²) in [4.78, 5) is 11.1. The number of rotatable bonds is 3. The van der Waals surface area contributed by atoms with E-state index in [0.717, 1.165) is 18.4 Å². The van der Waals surface area contributed by atoms with Gasteiger partial charge < -0.3 is 5.32 Å². The molecular weight excluding hydrogens is 341 g/mol. The first kappa shape index (κ1) is 17.3. The van der Waals surface area contributed by atoms with Crippen LogP contribution in [0.15, 0.2) is 36.4 Å². The van der Waals surface area contributed by atoms with Gasteiger partial charge in [0.2, 0.25) is 5.91 Å². The minimum absolute atomic E-state index is 0.00514. The molecule has 2 nitrogen and oxygen atoms in total. The van der Waals surface area contributed by atoms with Crippen molar-refractivity contribution >= 4 is 29.1 Å². The van der Waals surface area contributed by atoms with Crippen LogP contribution in [0.4, 0.5) is 0 Å². The molecule has 24 heavy (non-hydrogen) atoms. The van der Waals surface area contributed by atoms with E-state index in [2.05, 4.69) is 36.5 Å². The van der Waals surface area contributed by atoms with E-state index >= 15 is 0 Å². The Morgan fingerprint density at radius 2 is 1.88 bits per heavy atom. The lowest BCUT2D eigenvalue weighted by molar-refractivity contribution is -0.119. The first-order chi connectivity index (χ1) is 11.5. The van der Waals surface area contributed by atoms with Crippen molar-refractivity contribution in [2.45, 2.75) is 45.1 Å². The van der Waals surface area contributed by atoms with Crippen LogP contribution in [0.5, 0.6) is 0 Å². The van der Waals surface area contributed by atoms with Gasteiger partial charge in [-0.05, 0) is 53.1 Å². The lowest BCUT2D eigenvalue weighted by Crippen LogP contribution is -2.20. The standard InChI is InChI=1S/C20H21Cl2NO/c1-12-3-6-16(15-5-8-19(21)20(22)10-15)17-7-4-14(9-18(12)17)11-23-13(2)24/h4-5,7-10,12,16H,3,6,11H2,1-2H3,(H,23,24). The number of hydrogen-bond donors (Lipinski definition) is 1. The summed E-state index contributed by atoms with van der Waals surface area (Å²) in [5.41, 5.74) is 5.09. The maximum atomic E-state index is 11.1. The number of carbonyl (C=O) groups is 1. The normalized spacial score (nSPS) is 19.7. The summed E-state index contributed by atoms with van der Waals surface area (Å²) in [6.07, 6.45) is 2.25. The van der Waals surface area contributed by atoms with Crippen LogP contribution in [0.3, 0.4) is 0 Å². The Kier molecular flexibility index (Phi) is 5.17. The van der Waals surface area contributed by atoms with Crippen molar-refractivity contribution < 1.29 is 4.79 Å². The van der Waals surface area contributed by atoms with Crippen molar-refractivity contribution in [3.63, 3.8) is 0 Å². The highest BCUT2D eigenvalue weighted by Crippen LogP contribution is 2.43. The summed E-state index contributed by atoms with van der Waals surface area (Å²) in [6, 6.07) is 12.5. The van der Waals surface area contributed by atoms with Gasteiger partial charge in [0, 0.05) is 19.4 Å². The van der Waals surface area contributed by atoms with Gasteiger partial charge in [-0.3, -0.25) is 4.79 Å². The largest absolute Gasteiger partial charge is 0.352 e. The molecule has 3 rings (SSSR count). The van der Waals surface area contributed by atoms with Crippen molar-refractivity contribution in [1.82, 2.24) is 5.32 Å². The summed E-state index contributed by atoms with van der Waals surface area (Å²) < 4.78 is 0. The molecule has 0 bridgehead atoms. The van der Waals surface area contributed by atoms with E-state index in [4.69, 9.17) is 23.2 Å². The summed E-state index contributed by atoms with van der Waals surface area (Å²) >= 11 is 12.3. The van der Waals surface area contributed by atoms with Crippen LogP contribution < -0.4 is 5.32 Å². The number of hydrogen-bond acceptors (Lipinski definition) is 1.